The van der Waals surface area contributed by atoms with Crippen LogP contribution in [0, 0.1) is 10.1 Å². The third-order valence-corrected chi connectivity index (χ3v) is 2.29. The van der Waals surface area contributed by atoms with Crippen molar-refractivity contribution in [3.8, 4) is 11.3 Å². The van der Waals surface area contributed by atoms with E-state index in [1.54, 1.807) is 30.3 Å². The third-order valence-electron chi connectivity index (χ3n) is 1.96. The number of halogens is 1. The molecule has 16 heavy (non-hydrogen) atoms. The Bertz CT molecular complexity index is 545. The van der Waals surface area contributed by atoms with E-state index in [9.17, 15) is 10.1 Å². The number of hydrogen-bond acceptors (Lipinski definition) is 4. The van der Waals surface area contributed by atoms with E-state index >= 15 is 0 Å². The van der Waals surface area contributed by atoms with Gasteiger partial charge in [0, 0.05) is 11.6 Å². The van der Waals surface area contributed by atoms with Gasteiger partial charge in [-0.2, -0.15) is 0 Å². The van der Waals surface area contributed by atoms with E-state index < -0.39 is 10.9 Å². The van der Waals surface area contributed by atoms with E-state index in [0.29, 0.717) is 16.3 Å². The molecule has 0 atom stereocenters. The van der Waals surface area contributed by atoms with Crippen LogP contribution in [0.25, 0.3) is 11.3 Å². The molecule has 2 rings (SSSR count). The Hall–Kier alpha value is -2.01. The van der Waals surface area contributed by atoms with Crippen molar-refractivity contribution in [2.75, 3.05) is 0 Å². The van der Waals surface area contributed by atoms with Crippen LogP contribution in [0.2, 0.25) is 5.02 Å². The molecule has 0 N–H and O–H groups in total. The largest absolute Gasteiger partial charge is 0.469 e. The molecule has 0 unspecified atom stereocenters. The lowest BCUT2D eigenvalue weighted by atomic mass is 10.1. The van der Waals surface area contributed by atoms with Gasteiger partial charge in [0.25, 0.3) is 0 Å². The molecule has 6 heteroatoms. The molecule has 5 nitrogen and oxygen atoms in total. The Morgan fingerprint density at radius 3 is 2.69 bits per heavy atom. The van der Waals surface area contributed by atoms with Crippen LogP contribution in [0.15, 0.2) is 36.5 Å². The average molecular weight is 236 g/mol. The molecule has 0 saturated carbocycles. The van der Waals surface area contributed by atoms with Crippen molar-refractivity contribution in [2.45, 2.75) is 0 Å². The van der Waals surface area contributed by atoms with Gasteiger partial charge in [-0.15, -0.1) is 0 Å². The molecule has 0 amide bonds. The van der Waals surface area contributed by atoms with Crippen molar-refractivity contribution in [2.24, 2.45) is 0 Å². The van der Waals surface area contributed by atoms with Gasteiger partial charge in [0.1, 0.15) is 6.20 Å². The number of benzene rings is 1. The molecule has 1 heterocycles. The monoisotopic (exact) mass is 235 g/mol. The van der Waals surface area contributed by atoms with Crippen LogP contribution >= 0.6 is 11.6 Å². The third kappa shape index (κ3) is 1.99. The van der Waals surface area contributed by atoms with E-state index in [4.69, 9.17) is 11.6 Å². The predicted molar refractivity (Wildman–Crippen MR) is 59.1 cm³/mol. The van der Waals surface area contributed by atoms with E-state index in [2.05, 4.69) is 9.97 Å². The summed E-state index contributed by atoms with van der Waals surface area (Å²) in [5.41, 5.74) is 1.09. The van der Waals surface area contributed by atoms with E-state index in [1.807, 2.05) is 0 Å². The van der Waals surface area contributed by atoms with Gasteiger partial charge in [-0.25, -0.2) is 0 Å². The maximum absolute atomic E-state index is 10.5. The smallest absolute Gasteiger partial charge is 0.390 e. The summed E-state index contributed by atoms with van der Waals surface area (Å²) < 4.78 is 0. The van der Waals surface area contributed by atoms with Crippen molar-refractivity contribution in [1.29, 1.82) is 0 Å². The minimum Gasteiger partial charge on any atom is -0.390 e. The molecule has 1 aromatic heterocycles. The van der Waals surface area contributed by atoms with Crippen molar-refractivity contribution < 1.29 is 4.92 Å². The van der Waals surface area contributed by atoms with Crippen LogP contribution in [-0.2, 0) is 0 Å². The van der Waals surface area contributed by atoms with Gasteiger partial charge >= 0.3 is 5.95 Å². The summed E-state index contributed by atoms with van der Waals surface area (Å²) in [4.78, 5) is 17.2. The highest BCUT2D eigenvalue weighted by molar-refractivity contribution is 6.33. The zero-order chi connectivity index (χ0) is 11.5. The highest BCUT2D eigenvalue weighted by Crippen LogP contribution is 2.26. The Balaban J connectivity index is 2.53. The van der Waals surface area contributed by atoms with E-state index in [-0.39, 0.29) is 0 Å². The lowest BCUT2D eigenvalue weighted by Crippen LogP contribution is -1.96. The first-order valence-electron chi connectivity index (χ1n) is 4.41. The van der Waals surface area contributed by atoms with Crippen LogP contribution in [0.5, 0.6) is 0 Å². The van der Waals surface area contributed by atoms with E-state index in [1.165, 1.54) is 6.20 Å². The summed E-state index contributed by atoms with van der Waals surface area (Å²) in [6, 6.07) is 8.59. The molecule has 0 radical (unpaired) electrons. The second kappa shape index (κ2) is 4.24. The first kappa shape index (κ1) is 10.5. The number of aromatic nitrogens is 2. The normalized spacial score (nSPS) is 10.1. The highest BCUT2D eigenvalue weighted by atomic mass is 35.5. The summed E-state index contributed by atoms with van der Waals surface area (Å²) in [7, 11) is 0. The minimum absolute atomic E-state index is 0.433. The highest BCUT2D eigenvalue weighted by Gasteiger charge is 2.13. The molecule has 0 bridgehead atoms. The topological polar surface area (TPSA) is 68.9 Å². The van der Waals surface area contributed by atoms with Crippen molar-refractivity contribution in [1.82, 2.24) is 9.97 Å². The zero-order valence-corrected chi connectivity index (χ0v) is 8.76. The molecule has 0 aliphatic rings. The first-order chi connectivity index (χ1) is 7.68. The fourth-order valence-electron chi connectivity index (χ4n) is 1.26. The Morgan fingerprint density at radius 1 is 1.25 bits per heavy atom. The average Bonchev–Trinajstić information content (AvgIpc) is 2.30. The Morgan fingerprint density at radius 2 is 2.00 bits per heavy atom. The molecular formula is C10H6ClN3O2. The van der Waals surface area contributed by atoms with Gasteiger partial charge in [0.15, 0.2) is 5.69 Å². The maximum Gasteiger partial charge on any atom is 0.469 e. The first-order valence-corrected chi connectivity index (χ1v) is 4.78. The van der Waals surface area contributed by atoms with Crippen LogP contribution < -0.4 is 0 Å². The Kier molecular flexibility index (Phi) is 2.78. The predicted octanol–water partition coefficient (Wildman–Crippen LogP) is 2.71. The van der Waals surface area contributed by atoms with Crippen LogP contribution in [0.3, 0.4) is 0 Å². The summed E-state index contributed by atoms with van der Waals surface area (Å²) >= 11 is 5.96. The zero-order valence-electron chi connectivity index (χ0n) is 8.00. The summed E-state index contributed by atoms with van der Waals surface area (Å²) in [5.74, 6) is -0.433. The number of nitro groups is 1. The van der Waals surface area contributed by atoms with Gasteiger partial charge in [0.05, 0.1) is 5.02 Å². The summed E-state index contributed by atoms with van der Waals surface area (Å²) in [5, 5.41) is 11.0. The number of rotatable bonds is 2. The molecule has 0 aliphatic heterocycles. The Labute approximate surface area is 95.9 Å². The van der Waals surface area contributed by atoms with Crippen LogP contribution in [-0.4, -0.2) is 14.9 Å². The number of hydrogen-bond donors (Lipinski definition) is 0. The molecule has 80 valence electrons. The molecule has 0 spiro atoms. The number of nitrogens with zero attached hydrogens (tertiary/aromatic N) is 3. The van der Waals surface area contributed by atoms with Gasteiger partial charge in [-0.3, -0.25) is 0 Å². The summed E-state index contributed by atoms with van der Waals surface area (Å²) in [6.07, 6.45) is 1.34. The molecule has 2 aromatic rings. The SMILES string of the molecule is O=[N+]([O-])c1nccc(-c2ccccc2Cl)n1. The fraction of sp³-hybridized carbons (Fsp3) is 0. The fourth-order valence-corrected chi connectivity index (χ4v) is 1.49. The van der Waals surface area contributed by atoms with Gasteiger partial charge in [-0.1, -0.05) is 33.7 Å². The molecule has 0 saturated heterocycles. The van der Waals surface area contributed by atoms with Crippen molar-refractivity contribution >= 4 is 17.5 Å². The maximum atomic E-state index is 10.5. The second-order valence-corrected chi connectivity index (χ2v) is 3.39. The molecular weight excluding hydrogens is 230 g/mol. The van der Waals surface area contributed by atoms with Gasteiger partial charge in [0.2, 0.25) is 0 Å². The second-order valence-electron chi connectivity index (χ2n) is 2.98. The van der Waals surface area contributed by atoms with Gasteiger partial charge in [-0.05, 0) is 17.1 Å². The molecule has 0 fully saturated rings. The standard InChI is InChI=1S/C10H6ClN3O2/c11-8-4-2-1-3-7(8)9-5-6-12-10(13-9)14(15)16/h1-6H. The van der Waals surface area contributed by atoms with Crippen LogP contribution in [0.1, 0.15) is 0 Å². The quantitative estimate of drug-likeness (QED) is 0.593. The summed E-state index contributed by atoms with van der Waals surface area (Å²) in [6.45, 7) is 0. The molecule has 0 aliphatic carbocycles. The lowest BCUT2D eigenvalue weighted by Gasteiger charge is -1.99. The van der Waals surface area contributed by atoms with Crippen molar-refractivity contribution in [3.05, 3.63) is 51.7 Å². The lowest BCUT2D eigenvalue weighted by molar-refractivity contribution is -0.394. The molecule has 1 aromatic carbocycles. The minimum atomic E-state index is -0.639. The van der Waals surface area contributed by atoms with Gasteiger partial charge < -0.3 is 10.1 Å². The van der Waals surface area contributed by atoms with Crippen LogP contribution in [0.4, 0.5) is 5.95 Å². The van der Waals surface area contributed by atoms with Crippen molar-refractivity contribution in [3.63, 3.8) is 0 Å². The van der Waals surface area contributed by atoms with E-state index in [0.717, 1.165) is 0 Å².